The smallest absolute Gasteiger partial charge is 0.237 e. The summed E-state index contributed by atoms with van der Waals surface area (Å²) < 4.78 is 10.7. The Balaban J connectivity index is 1.56. The molecular weight excluding hydrogens is 352 g/mol. The lowest BCUT2D eigenvalue weighted by Crippen LogP contribution is -2.40. The molecule has 0 unspecified atom stereocenters. The van der Waals surface area contributed by atoms with Crippen LogP contribution in [0, 0.1) is 0 Å². The number of hydrogen-bond donors (Lipinski definition) is 0. The van der Waals surface area contributed by atoms with Crippen LogP contribution in [0.1, 0.15) is 17.5 Å². The molecule has 0 aromatic heterocycles. The van der Waals surface area contributed by atoms with E-state index in [-0.39, 0.29) is 5.91 Å². The Morgan fingerprint density at radius 3 is 2.54 bits per heavy atom. The molecule has 2 aromatic rings. The summed E-state index contributed by atoms with van der Waals surface area (Å²) >= 11 is 0. The highest BCUT2D eigenvalue weighted by molar-refractivity contribution is 5.80. The SMILES string of the molecule is COc1ccc(CN(C)CC(=O)N2CC=C(c3ccccc3)CC2)c(OC)c1. The molecule has 1 aliphatic heterocycles. The van der Waals surface area contributed by atoms with Gasteiger partial charge in [-0.2, -0.15) is 0 Å². The third-order valence-corrected chi connectivity index (χ3v) is 5.05. The molecule has 28 heavy (non-hydrogen) atoms. The van der Waals surface area contributed by atoms with Crippen molar-refractivity contribution < 1.29 is 14.3 Å². The van der Waals surface area contributed by atoms with Gasteiger partial charge in [-0.1, -0.05) is 42.5 Å². The lowest BCUT2D eigenvalue weighted by atomic mass is 9.99. The second-order valence-corrected chi connectivity index (χ2v) is 7.04. The molecule has 2 aromatic carbocycles. The molecule has 0 saturated heterocycles. The van der Waals surface area contributed by atoms with Gasteiger partial charge in [0.2, 0.25) is 5.91 Å². The highest BCUT2D eigenvalue weighted by Crippen LogP contribution is 2.26. The summed E-state index contributed by atoms with van der Waals surface area (Å²) in [4.78, 5) is 16.6. The molecule has 0 N–H and O–H groups in total. The third-order valence-electron chi connectivity index (χ3n) is 5.05. The van der Waals surface area contributed by atoms with Gasteiger partial charge in [0.15, 0.2) is 0 Å². The zero-order valence-corrected chi connectivity index (χ0v) is 16.9. The largest absolute Gasteiger partial charge is 0.497 e. The van der Waals surface area contributed by atoms with Crippen LogP contribution in [0.25, 0.3) is 5.57 Å². The van der Waals surface area contributed by atoms with Gasteiger partial charge in [-0.15, -0.1) is 0 Å². The van der Waals surface area contributed by atoms with Crippen molar-refractivity contribution in [2.75, 3.05) is 40.9 Å². The van der Waals surface area contributed by atoms with E-state index in [9.17, 15) is 4.79 Å². The standard InChI is InChI=1S/C23H28N2O3/c1-24(16-20-9-10-21(27-2)15-22(20)28-3)17-23(26)25-13-11-19(12-14-25)18-7-5-4-6-8-18/h4-11,15H,12-14,16-17H2,1-3H3. The monoisotopic (exact) mass is 380 g/mol. The van der Waals surface area contributed by atoms with Crippen LogP contribution in [-0.2, 0) is 11.3 Å². The molecule has 0 spiro atoms. The Labute approximate surface area is 167 Å². The van der Waals surface area contributed by atoms with Gasteiger partial charge in [-0.05, 0) is 30.7 Å². The fraction of sp³-hybridized carbons (Fsp3) is 0.348. The number of amides is 1. The van der Waals surface area contributed by atoms with Crippen LogP contribution in [0.15, 0.2) is 54.6 Å². The van der Waals surface area contributed by atoms with E-state index in [1.54, 1.807) is 14.2 Å². The van der Waals surface area contributed by atoms with Crippen molar-refractivity contribution in [3.63, 3.8) is 0 Å². The van der Waals surface area contributed by atoms with Gasteiger partial charge < -0.3 is 14.4 Å². The number of benzene rings is 2. The molecule has 0 saturated carbocycles. The second-order valence-electron chi connectivity index (χ2n) is 7.04. The van der Waals surface area contributed by atoms with Gasteiger partial charge in [0, 0.05) is 31.3 Å². The minimum atomic E-state index is 0.151. The highest BCUT2D eigenvalue weighted by Gasteiger charge is 2.19. The van der Waals surface area contributed by atoms with Crippen molar-refractivity contribution in [1.82, 2.24) is 9.80 Å². The summed E-state index contributed by atoms with van der Waals surface area (Å²) in [7, 11) is 5.24. The van der Waals surface area contributed by atoms with Crippen LogP contribution in [-0.4, -0.2) is 56.6 Å². The summed E-state index contributed by atoms with van der Waals surface area (Å²) in [6.45, 7) is 2.45. The number of likely N-dealkylation sites (N-methyl/N-ethyl adjacent to an activating group) is 1. The maximum absolute atomic E-state index is 12.7. The minimum absolute atomic E-state index is 0.151. The number of carbonyl (C=O) groups is 1. The molecule has 3 rings (SSSR count). The van der Waals surface area contributed by atoms with Crippen LogP contribution >= 0.6 is 0 Å². The Hall–Kier alpha value is -2.79. The molecule has 148 valence electrons. The van der Waals surface area contributed by atoms with Gasteiger partial charge in [0.1, 0.15) is 11.5 Å². The second kappa shape index (κ2) is 9.42. The van der Waals surface area contributed by atoms with Crippen LogP contribution in [0.3, 0.4) is 0 Å². The fourth-order valence-electron chi connectivity index (χ4n) is 3.47. The number of carbonyl (C=O) groups excluding carboxylic acids is 1. The first-order valence-corrected chi connectivity index (χ1v) is 9.52. The van der Waals surface area contributed by atoms with E-state index in [0.717, 1.165) is 30.0 Å². The molecule has 5 nitrogen and oxygen atoms in total. The van der Waals surface area contributed by atoms with E-state index in [1.165, 1.54) is 11.1 Å². The zero-order valence-electron chi connectivity index (χ0n) is 16.9. The van der Waals surface area contributed by atoms with Crippen LogP contribution in [0.4, 0.5) is 0 Å². The van der Waals surface area contributed by atoms with Crippen molar-refractivity contribution in [3.05, 3.63) is 65.7 Å². The summed E-state index contributed by atoms with van der Waals surface area (Å²) in [6, 6.07) is 16.1. The first-order valence-electron chi connectivity index (χ1n) is 9.52. The van der Waals surface area contributed by atoms with E-state index in [0.29, 0.717) is 19.6 Å². The average molecular weight is 380 g/mol. The highest BCUT2D eigenvalue weighted by atomic mass is 16.5. The number of nitrogens with zero attached hydrogens (tertiary/aromatic N) is 2. The van der Waals surface area contributed by atoms with E-state index >= 15 is 0 Å². The van der Waals surface area contributed by atoms with Gasteiger partial charge in [0.25, 0.3) is 0 Å². The number of methoxy groups -OCH3 is 2. The molecular formula is C23H28N2O3. The molecule has 0 atom stereocenters. The lowest BCUT2D eigenvalue weighted by molar-refractivity contribution is -0.131. The van der Waals surface area contributed by atoms with Gasteiger partial charge in [0.05, 0.1) is 20.8 Å². The van der Waals surface area contributed by atoms with E-state index in [1.807, 2.05) is 41.1 Å². The number of ether oxygens (including phenoxy) is 2. The molecule has 0 bridgehead atoms. The quantitative estimate of drug-likeness (QED) is 0.738. The topological polar surface area (TPSA) is 42.0 Å². The summed E-state index contributed by atoms with van der Waals surface area (Å²) in [5, 5.41) is 0. The Morgan fingerprint density at radius 2 is 1.89 bits per heavy atom. The first-order chi connectivity index (χ1) is 13.6. The van der Waals surface area contributed by atoms with Gasteiger partial charge in [-0.25, -0.2) is 0 Å². The third kappa shape index (κ3) is 4.93. The molecule has 0 radical (unpaired) electrons. The number of rotatable bonds is 7. The average Bonchev–Trinajstić information content (AvgIpc) is 2.74. The summed E-state index contributed by atoms with van der Waals surface area (Å²) in [6.07, 6.45) is 3.06. The lowest BCUT2D eigenvalue weighted by Gasteiger charge is -2.28. The van der Waals surface area contributed by atoms with Crippen molar-refractivity contribution in [2.45, 2.75) is 13.0 Å². The normalized spacial score (nSPS) is 14.0. The zero-order chi connectivity index (χ0) is 19.9. The maximum atomic E-state index is 12.7. The predicted octanol–water partition coefficient (Wildman–Crippen LogP) is 3.45. The minimum Gasteiger partial charge on any atom is -0.497 e. The van der Waals surface area contributed by atoms with Crippen molar-refractivity contribution in [2.24, 2.45) is 0 Å². The molecule has 1 aliphatic rings. The van der Waals surface area contributed by atoms with Crippen molar-refractivity contribution >= 4 is 11.5 Å². The predicted molar refractivity (Wildman–Crippen MR) is 111 cm³/mol. The molecule has 5 heteroatoms. The van der Waals surface area contributed by atoms with Gasteiger partial charge >= 0.3 is 0 Å². The Bertz CT molecular complexity index is 833. The number of hydrogen-bond acceptors (Lipinski definition) is 4. The van der Waals surface area contributed by atoms with Gasteiger partial charge in [-0.3, -0.25) is 9.69 Å². The van der Waals surface area contributed by atoms with E-state index < -0.39 is 0 Å². The van der Waals surface area contributed by atoms with Crippen LogP contribution in [0.5, 0.6) is 11.5 Å². The molecule has 1 amide bonds. The fourth-order valence-corrected chi connectivity index (χ4v) is 3.47. The van der Waals surface area contributed by atoms with Crippen molar-refractivity contribution in [3.8, 4) is 11.5 Å². The molecule has 0 fully saturated rings. The van der Waals surface area contributed by atoms with E-state index in [2.05, 4.69) is 30.3 Å². The summed E-state index contributed by atoms with van der Waals surface area (Å²) in [5.74, 6) is 1.68. The molecule has 0 aliphatic carbocycles. The van der Waals surface area contributed by atoms with E-state index in [4.69, 9.17) is 9.47 Å². The summed E-state index contributed by atoms with van der Waals surface area (Å²) in [5.41, 5.74) is 3.60. The molecule has 1 heterocycles. The van der Waals surface area contributed by atoms with Crippen LogP contribution in [0.2, 0.25) is 0 Å². The maximum Gasteiger partial charge on any atom is 0.237 e. The van der Waals surface area contributed by atoms with Crippen molar-refractivity contribution in [1.29, 1.82) is 0 Å². The Morgan fingerprint density at radius 1 is 1.11 bits per heavy atom. The van der Waals surface area contributed by atoms with Crippen LogP contribution < -0.4 is 9.47 Å². The Kier molecular flexibility index (Phi) is 6.71. The first kappa shape index (κ1) is 20.0.